The average molecular weight is 473 g/mol. The Bertz CT molecular complexity index is 1140. The van der Waals surface area contributed by atoms with Gasteiger partial charge in [-0.05, 0) is 40.8 Å². The molecule has 1 unspecified atom stereocenters. The smallest absolute Gasteiger partial charge is 0.338 e. The van der Waals surface area contributed by atoms with Crippen molar-refractivity contribution >= 4 is 23.4 Å². The minimum atomic E-state index is -4.43. The maximum Gasteiger partial charge on any atom is 0.416 e. The number of hydrogen-bond donors (Lipinski definition) is 1. The van der Waals surface area contributed by atoms with E-state index < -0.39 is 17.8 Å². The highest BCUT2D eigenvalue weighted by molar-refractivity contribution is 6.10. The topological polar surface area (TPSA) is 69.7 Å². The number of nitrogens with zero attached hydrogens (tertiary/aromatic N) is 2. The number of carbonyl (C=O) groups is 3. The average Bonchev–Trinajstić information content (AvgIpc) is 2.86. The summed E-state index contributed by atoms with van der Waals surface area (Å²) in [6.45, 7) is 6.57. The molecule has 0 aliphatic carbocycles. The number of benzene rings is 2. The van der Waals surface area contributed by atoms with Gasteiger partial charge in [0.2, 0.25) is 11.8 Å². The normalized spacial score (nSPS) is 18.7. The van der Waals surface area contributed by atoms with E-state index in [0.29, 0.717) is 29.8 Å². The summed E-state index contributed by atoms with van der Waals surface area (Å²) in [6.07, 6.45) is -4.09. The number of hydrogen-bond acceptors (Lipinski definition) is 3. The first-order valence-electron chi connectivity index (χ1n) is 11.0. The van der Waals surface area contributed by atoms with Crippen LogP contribution >= 0.6 is 0 Å². The van der Waals surface area contributed by atoms with Gasteiger partial charge in [-0.25, -0.2) is 0 Å². The zero-order chi connectivity index (χ0) is 24.8. The van der Waals surface area contributed by atoms with Gasteiger partial charge in [0, 0.05) is 19.5 Å². The molecular formula is C25H26F3N3O3. The van der Waals surface area contributed by atoms with Gasteiger partial charge in [0.25, 0.3) is 5.91 Å². The van der Waals surface area contributed by atoms with Crippen molar-refractivity contribution in [1.82, 2.24) is 9.80 Å². The molecule has 3 amide bonds. The zero-order valence-electron chi connectivity index (χ0n) is 19.2. The molecule has 2 heterocycles. The SMILES string of the molecule is CC(C)(C)CC(=O)N1CCN2C(=O)c3cc(-c4ccc(C(F)(F)F)cc4)ccc3NC(=O)C2C1. The van der Waals surface area contributed by atoms with E-state index in [9.17, 15) is 27.6 Å². The van der Waals surface area contributed by atoms with E-state index in [0.717, 1.165) is 12.1 Å². The van der Waals surface area contributed by atoms with Gasteiger partial charge in [-0.2, -0.15) is 13.2 Å². The summed E-state index contributed by atoms with van der Waals surface area (Å²) < 4.78 is 38.6. The number of nitrogens with one attached hydrogen (secondary N) is 1. The van der Waals surface area contributed by atoms with E-state index in [-0.39, 0.29) is 41.8 Å². The van der Waals surface area contributed by atoms with Crippen LogP contribution in [0.3, 0.4) is 0 Å². The molecule has 34 heavy (non-hydrogen) atoms. The second kappa shape index (κ2) is 8.45. The molecule has 180 valence electrons. The Morgan fingerprint density at radius 1 is 1.00 bits per heavy atom. The number of fused-ring (bicyclic) bond motifs is 2. The highest BCUT2D eigenvalue weighted by Gasteiger charge is 2.40. The van der Waals surface area contributed by atoms with Gasteiger partial charge in [-0.15, -0.1) is 0 Å². The standard InChI is InChI=1S/C25H26F3N3O3/c1-24(2,3)13-21(32)30-10-11-31-20(14-30)22(33)29-19-9-6-16(12-18(19)23(31)34)15-4-7-17(8-5-15)25(26,27)28/h4-9,12,20H,10-11,13-14H2,1-3H3,(H,29,33). The summed E-state index contributed by atoms with van der Waals surface area (Å²) in [4.78, 5) is 42.1. The monoisotopic (exact) mass is 473 g/mol. The summed E-state index contributed by atoms with van der Waals surface area (Å²) in [5.41, 5.74) is 0.744. The molecular weight excluding hydrogens is 447 g/mol. The molecule has 0 spiro atoms. The lowest BCUT2D eigenvalue weighted by molar-refractivity contribution is -0.138. The Kier molecular flexibility index (Phi) is 5.91. The van der Waals surface area contributed by atoms with Crippen LogP contribution in [0.5, 0.6) is 0 Å². The predicted octanol–water partition coefficient (Wildman–Crippen LogP) is 4.41. The molecule has 2 aromatic rings. The highest BCUT2D eigenvalue weighted by atomic mass is 19.4. The molecule has 6 nitrogen and oxygen atoms in total. The summed E-state index contributed by atoms with van der Waals surface area (Å²) in [7, 11) is 0. The molecule has 0 radical (unpaired) electrons. The fourth-order valence-corrected chi connectivity index (χ4v) is 4.27. The molecule has 1 fully saturated rings. The molecule has 9 heteroatoms. The predicted molar refractivity (Wildman–Crippen MR) is 121 cm³/mol. The minimum absolute atomic E-state index is 0.0567. The van der Waals surface area contributed by atoms with Crippen LogP contribution in [0.1, 0.15) is 43.1 Å². The zero-order valence-corrected chi connectivity index (χ0v) is 19.2. The minimum Gasteiger partial charge on any atom is -0.338 e. The quantitative estimate of drug-likeness (QED) is 0.703. The van der Waals surface area contributed by atoms with Crippen molar-refractivity contribution in [2.45, 2.75) is 39.4 Å². The van der Waals surface area contributed by atoms with Gasteiger partial charge in [-0.1, -0.05) is 39.0 Å². The fraction of sp³-hybridized carbons (Fsp3) is 0.400. The number of anilines is 1. The lowest BCUT2D eigenvalue weighted by Crippen LogP contribution is -2.59. The molecule has 2 aliphatic rings. The Hall–Kier alpha value is -3.36. The van der Waals surface area contributed by atoms with E-state index in [1.165, 1.54) is 17.0 Å². The van der Waals surface area contributed by atoms with Crippen LogP contribution < -0.4 is 5.32 Å². The second-order valence-electron chi connectivity index (χ2n) is 9.92. The maximum absolute atomic E-state index is 13.4. The van der Waals surface area contributed by atoms with E-state index in [4.69, 9.17) is 0 Å². The maximum atomic E-state index is 13.4. The van der Waals surface area contributed by atoms with E-state index in [1.54, 1.807) is 23.1 Å². The Morgan fingerprint density at radius 3 is 2.26 bits per heavy atom. The van der Waals surface area contributed by atoms with Gasteiger partial charge in [-0.3, -0.25) is 14.4 Å². The van der Waals surface area contributed by atoms with Gasteiger partial charge >= 0.3 is 6.18 Å². The molecule has 0 aromatic heterocycles. The van der Waals surface area contributed by atoms with E-state index >= 15 is 0 Å². The van der Waals surface area contributed by atoms with Gasteiger partial charge in [0.05, 0.1) is 23.4 Å². The van der Waals surface area contributed by atoms with Gasteiger partial charge in [0.15, 0.2) is 0 Å². The molecule has 0 bridgehead atoms. The summed E-state index contributed by atoms with van der Waals surface area (Å²) >= 11 is 0. The van der Waals surface area contributed by atoms with Crippen LogP contribution in [0.25, 0.3) is 11.1 Å². The highest BCUT2D eigenvalue weighted by Crippen LogP contribution is 2.33. The molecule has 1 N–H and O–H groups in total. The van der Waals surface area contributed by atoms with Crippen molar-refractivity contribution in [2.75, 3.05) is 25.0 Å². The van der Waals surface area contributed by atoms with Crippen molar-refractivity contribution in [3.05, 3.63) is 53.6 Å². The van der Waals surface area contributed by atoms with Crippen LogP contribution in [0.15, 0.2) is 42.5 Å². The third kappa shape index (κ3) is 4.78. The lowest BCUT2D eigenvalue weighted by atomic mass is 9.91. The Balaban J connectivity index is 1.59. The van der Waals surface area contributed by atoms with Crippen molar-refractivity contribution in [3.63, 3.8) is 0 Å². The number of rotatable bonds is 2. The number of halogens is 3. The van der Waals surface area contributed by atoms with Crippen molar-refractivity contribution in [3.8, 4) is 11.1 Å². The number of alkyl halides is 3. The van der Waals surface area contributed by atoms with Crippen LogP contribution in [0, 0.1) is 5.41 Å². The third-order valence-electron chi connectivity index (χ3n) is 6.03. The Labute approximate surface area is 195 Å². The first-order valence-corrected chi connectivity index (χ1v) is 11.0. The molecule has 2 aromatic carbocycles. The number of piperazine rings is 1. The van der Waals surface area contributed by atoms with Crippen LogP contribution in [0.4, 0.5) is 18.9 Å². The molecule has 1 saturated heterocycles. The van der Waals surface area contributed by atoms with Crippen molar-refractivity contribution in [2.24, 2.45) is 5.41 Å². The van der Waals surface area contributed by atoms with Gasteiger partial charge < -0.3 is 15.1 Å². The second-order valence-corrected chi connectivity index (χ2v) is 9.92. The summed E-state index contributed by atoms with van der Waals surface area (Å²) in [5.74, 6) is -0.781. The van der Waals surface area contributed by atoms with Crippen LogP contribution in [-0.4, -0.2) is 53.2 Å². The number of amides is 3. The fourth-order valence-electron chi connectivity index (χ4n) is 4.27. The summed E-state index contributed by atoms with van der Waals surface area (Å²) in [5, 5.41) is 2.78. The first-order chi connectivity index (χ1) is 15.8. The molecule has 0 saturated carbocycles. The van der Waals surface area contributed by atoms with Crippen LogP contribution in [-0.2, 0) is 15.8 Å². The number of carbonyl (C=O) groups excluding carboxylic acids is 3. The molecule has 4 rings (SSSR count). The van der Waals surface area contributed by atoms with Crippen molar-refractivity contribution < 1.29 is 27.6 Å². The van der Waals surface area contributed by atoms with Crippen molar-refractivity contribution in [1.29, 1.82) is 0 Å². The van der Waals surface area contributed by atoms with E-state index in [1.807, 2.05) is 20.8 Å². The third-order valence-corrected chi connectivity index (χ3v) is 6.03. The summed E-state index contributed by atoms with van der Waals surface area (Å²) in [6, 6.07) is 8.70. The molecule has 1 atom stereocenters. The van der Waals surface area contributed by atoms with Gasteiger partial charge in [0.1, 0.15) is 6.04 Å². The first kappa shape index (κ1) is 23.8. The lowest BCUT2D eigenvalue weighted by Gasteiger charge is -2.40. The van der Waals surface area contributed by atoms with Crippen LogP contribution in [0.2, 0.25) is 0 Å². The van der Waals surface area contributed by atoms with E-state index in [2.05, 4.69) is 5.32 Å². The molecule has 2 aliphatic heterocycles. The largest absolute Gasteiger partial charge is 0.416 e. The Morgan fingerprint density at radius 2 is 1.65 bits per heavy atom.